The van der Waals surface area contributed by atoms with Crippen LogP contribution >= 0.6 is 0 Å². The molecule has 0 radical (unpaired) electrons. The number of ether oxygens (including phenoxy) is 3. The van der Waals surface area contributed by atoms with Gasteiger partial charge in [0.1, 0.15) is 34.5 Å². The molecule has 3 aliphatic heterocycles. The van der Waals surface area contributed by atoms with Crippen LogP contribution in [0.3, 0.4) is 0 Å². The summed E-state index contributed by atoms with van der Waals surface area (Å²) in [5.74, 6) is 5.83. The largest absolute Gasteiger partial charge is 0.457 e. The summed E-state index contributed by atoms with van der Waals surface area (Å²) in [5.41, 5.74) is 33.8. The number of nitrogens with zero attached hydrogens (tertiary/aromatic N) is 4. The lowest BCUT2D eigenvalue weighted by atomic mass is 9.63. The standard InChI is InChI=1S/C53H36N2O.2C42H29NO/c1-5-18-37(19-6-1)48-36-49(38-20-7-2-8-21-38)55-52(54-48)42-25-16-23-40(35-42)39-22-15-24-41(34-39)45-30-17-32-47-51(45)56-50-33-14-13-31-46(50)53(47,43-26-9-3-10-27-43)44-28-11-4-12-29-44;1-5-15-30(16-6-1)33-27-38(31-17-7-2-8-18-31)43-39(28-33)32-25-26-37-41(29-32)44-40-24-14-13-23-36(40)42(37,34-19-9-3-10-20-34)35-21-11-4-12-22-35;1-5-15-30(16-6-1)33-28-38(31-17-7-2-8-18-31)43-39(29-33)32-25-26-41-37(27-32)42(34-19-9-3-10-20-34,35-21-11-4-12-22-35)36-23-13-14-24-40(36)44-41/h1-36H;2*1-29H. The number of pyridine rings is 2. The summed E-state index contributed by atoms with van der Waals surface area (Å²) < 4.78 is 20.3. The van der Waals surface area contributed by atoms with Gasteiger partial charge in [0.15, 0.2) is 5.82 Å². The van der Waals surface area contributed by atoms with E-state index in [4.69, 9.17) is 34.1 Å². The van der Waals surface area contributed by atoms with Gasteiger partial charge in [-0.1, -0.05) is 485 Å². The lowest BCUT2D eigenvalue weighted by molar-refractivity contribution is 0.434. The smallest absolute Gasteiger partial charge is 0.160 e. The van der Waals surface area contributed by atoms with Crippen LogP contribution in [0.4, 0.5) is 0 Å². The van der Waals surface area contributed by atoms with Crippen molar-refractivity contribution < 1.29 is 14.2 Å². The van der Waals surface area contributed by atoms with Crippen molar-refractivity contribution in [3.8, 4) is 158 Å². The first-order valence-electron chi connectivity index (χ1n) is 48.9. The quantitative estimate of drug-likeness (QED) is 0.0899. The molecule has 0 saturated heterocycles. The number of aromatic nitrogens is 4. The van der Waals surface area contributed by atoms with Crippen molar-refractivity contribution in [2.45, 2.75) is 16.2 Å². The number of hydrogen-bond donors (Lipinski definition) is 0. The zero-order chi connectivity index (χ0) is 96.0. The average molecular weight is 1840 g/mol. The fraction of sp³-hybridized carbons (Fsp3) is 0.0219. The molecular weight excluding hydrogens is 1750 g/mol. The first kappa shape index (κ1) is 87.9. The Morgan fingerprint density at radius 3 is 0.799 bits per heavy atom. The molecule has 0 saturated carbocycles. The molecule has 0 amide bonds. The summed E-state index contributed by atoms with van der Waals surface area (Å²) >= 11 is 0. The highest BCUT2D eigenvalue weighted by Crippen LogP contribution is 2.61. The predicted octanol–water partition coefficient (Wildman–Crippen LogP) is 34.4. The summed E-state index contributed by atoms with van der Waals surface area (Å²) in [4.78, 5) is 20.6. The second-order valence-electron chi connectivity index (χ2n) is 36.4. The molecule has 3 aliphatic rings. The van der Waals surface area contributed by atoms with Crippen molar-refractivity contribution in [1.82, 2.24) is 19.9 Å². The Labute approximate surface area is 839 Å². The molecule has 7 nitrogen and oxygen atoms in total. The maximum absolute atomic E-state index is 6.96. The molecule has 7 heteroatoms. The molecule has 3 aromatic heterocycles. The maximum Gasteiger partial charge on any atom is 0.160 e. The first-order chi connectivity index (χ1) is 71.4. The highest BCUT2D eigenvalue weighted by atomic mass is 16.5. The molecule has 144 heavy (non-hydrogen) atoms. The van der Waals surface area contributed by atoms with Crippen LogP contribution in [0, 0.1) is 0 Å². The molecule has 0 atom stereocenters. The lowest BCUT2D eigenvalue weighted by Gasteiger charge is -2.42. The number of fused-ring (bicyclic) bond motifs is 6. The summed E-state index contributed by atoms with van der Waals surface area (Å²) in [6.45, 7) is 0. The average Bonchev–Trinajstić information content (AvgIpc) is 0.718. The van der Waals surface area contributed by atoms with E-state index >= 15 is 0 Å². The van der Waals surface area contributed by atoms with E-state index in [9.17, 15) is 0 Å². The van der Waals surface area contributed by atoms with Crippen molar-refractivity contribution >= 4 is 0 Å². The monoisotopic (exact) mass is 1840 g/mol. The summed E-state index contributed by atoms with van der Waals surface area (Å²) in [5, 5.41) is 0. The summed E-state index contributed by atoms with van der Waals surface area (Å²) in [6, 6.07) is 200. The van der Waals surface area contributed by atoms with Gasteiger partial charge in [-0.3, -0.25) is 0 Å². The van der Waals surface area contributed by atoms with Crippen molar-refractivity contribution in [1.29, 1.82) is 0 Å². The first-order valence-corrected chi connectivity index (χ1v) is 48.9. The van der Waals surface area contributed by atoms with E-state index in [1.165, 1.54) is 33.4 Å². The second kappa shape index (κ2) is 38.9. The van der Waals surface area contributed by atoms with Crippen LogP contribution in [0.15, 0.2) is 570 Å². The Balaban J connectivity index is 0.000000117. The lowest BCUT2D eigenvalue weighted by Crippen LogP contribution is -2.34. The van der Waals surface area contributed by atoms with E-state index in [1.54, 1.807) is 0 Å². The van der Waals surface area contributed by atoms with Crippen LogP contribution in [0.1, 0.15) is 66.8 Å². The van der Waals surface area contributed by atoms with Crippen LogP contribution in [-0.4, -0.2) is 19.9 Å². The molecule has 0 unspecified atom stereocenters. The van der Waals surface area contributed by atoms with E-state index in [-0.39, 0.29) is 0 Å². The SMILES string of the molecule is c1ccc(-c2cc(-c3ccccc3)nc(-c3ccc4c(c3)C(c3ccccc3)(c3ccccc3)c3ccccc3O4)c2)cc1.c1ccc(-c2cc(-c3ccccc3)nc(-c3ccc4c(c3)Oc3ccccc3C4(c3ccccc3)c3ccccc3)c2)cc1.c1ccc(-c2cc(-c3ccccc3)nc(-c3cccc(-c4cccc(-c5cccc6c5Oc5ccccc5C6(c5ccccc5)c5ccccc5)c4)c3)n2)cc1. The Bertz CT molecular complexity index is 8250. The Morgan fingerprint density at radius 2 is 0.396 bits per heavy atom. The third-order valence-electron chi connectivity index (χ3n) is 28.0. The third-order valence-corrected chi connectivity index (χ3v) is 28.0. The number of hydrogen-bond acceptors (Lipinski definition) is 7. The van der Waals surface area contributed by atoms with E-state index in [1.807, 2.05) is 66.7 Å². The van der Waals surface area contributed by atoms with Gasteiger partial charge in [-0.05, 0) is 157 Å². The van der Waals surface area contributed by atoms with Gasteiger partial charge in [0, 0.05) is 77.9 Å². The molecule has 26 rings (SSSR count). The van der Waals surface area contributed by atoms with E-state index in [0.717, 1.165) is 185 Å². The van der Waals surface area contributed by atoms with Crippen molar-refractivity contribution in [3.63, 3.8) is 0 Å². The maximum atomic E-state index is 6.96. The zero-order valence-electron chi connectivity index (χ0n) is 78.8. The highest BCUT2D eigenvalue weighted by Gasteiger charge is 2.49. The fourth-order valence-corrected chi connectivity index (χ4v) is 21.4. The van der Waals surface area contributed by atoms with Gasteiger partial charge in [-0.2, -0.15) is 0 Å². The second-order valence-corrected chi connectivity index (χ2v) is 36.4. The topological polar surface area (TPSA) is 79.3 Å². The van der Waals surface area contributed by atoms with Crippen molar-refractivity contribution in [2.24, 2.45) is 0 Å². The summed E-state index contributed by atoms with van der Waals surface area (Å²) in [7, 11) is 0. The Morgan fingerprint density at radius 1 is 0.132 bits per heavy atom. The van der Waals surface area contributed by atoms with Crippen LogP contribution < -0.4 is 14.2 Å². The molecule has 23 aromatic rings. The molecule has 680 valence electrons. The minimum Gasteiger partial charge on any atom is -0.457 e. The summed E-state index contributed by atoms with van der Waals surface area (Å²) in [6.07, 6.45) is 0. The van der Waals surface area contributed by atoms with E-state index in [2.05, 4.69) is 504 Å². The third kappa shape index (κ3) is 16.5. The Kier molecular flexibility index (Phi) is 23.7. The van der Waals surface area contributed by atoms with E-state index < -0.39 is 16.2 Å². The predicted molar refractivity (Wildman–Crippen MR) is 585 cm³/mol. The molecule has 0 spiro atoms. The number of para-hydroxylation sites is 4. The molecular formula is C137H94N4O3. The van der Waals surface area contributed by atoms with Crippen molar-refractivity contribution in [2.75, 3.05) is 0 Å². The number of rotatable bonds is 17. The van der Waals surface area contributed by atoms with Crippen molar-refractivity contribution in [3.05, 3.63) is 637 Å². The van der Waals surface area contributed by atoms with Gasteiger partial charge in [0.25, 0.3) is 0 Å². The molecule has 20 aromatic carbocycles. The van der Waals surface area contributed by atoms with Gasteiger partial charge in [0.2, 0.25) is 0 Å². The normalized spacial score (nSPS) is 12.8. The molecule has 6 heterocycles. The minimum atomic E-state index is -0.582. The number of benzene rings is 20. The molecule has 0 N–H and O–H groups in total. The zero-order valence-corrected chi connectivity index (χ0v) is 78.8. The van der Waals surface area contributed by atoms with Crippen LogP contribution in [0.5, 0.6) is 34.5 Å². The van der Waals surface area contributed by atoms with Crippen LogP contribution in [0.25, 0.3) is 123 Å². The van der Waals surface area contributed by atoms with Gasteiger partial charge in [0.05, 0.1) is 50.4 Å². The molecule has 0 bridgehead atoms. The minimum absolute atomic E-state index is 0.542. The van der Waals surface area contributed by atoms with Gasteiger partial charge in [-0.25, -0.2) is 19.9 Å². The van der Waals surface area contributed by atoms with E-state index in [0.29, 0.717) is 5.82 Å². The van der Waals surface area contributed by atoms with Gasteiger partial charge >= 0.3 is 0 Å². The van der Waals surface area contributed by atoms with Crippen LogP contribution in [-0.2, 0) is 16.2 Å². The van der Waals surface area contributed by atoms with Gasteiger partial charge in [-0.15, -0.1) is 0 Å². The Hall–Kier alpha value is -18.8. The fourth-order valence-electron chi connectivity index (χ4n) is 21.4. The molecule has 0 fully saturated rings. The highest BCUT2D eigenvalue weighted by molar-refractivity contribution is 5.87. The van der Waals surface area contributed by atoms with Gasteiger partial charge < -0.3 is 14.2 Å². The molecule has 0 aliphatic carbocycles. The van der Waals surface area contributed by atoms with Crippen LogP contribution in [0.2, 0.25) is 0 Å².